The third kappa shape index (κ3) is 5.20. The molecule has 0 fully saturated rings. The molecule has 0 aliphatic heterocycles. The Morgan fingerprint density at radius 3 is 2.46 bits per heavy atom. The molecule has 2 aromatic carbocycles. The summed E-state index contributed by atoms with van der Waals surface area (Å²) in [7, 11) is -1.73. The van der Waals surface area contributed by atoms with Crippen LogP contribution < -0.4 is 14.4 Å². The lowest BCUT2D eigenvalue weighted by atomic mass is 10.2. The predicted molar refractivity (Wildman–Crippen MR) is 109 cm³/mol. The number of ether oxygens (including phenoxy) is 1. The molecule has 1 N–H and O–H groups in total. The van der Waals surface area contributed by atoms with Crippen molar-refractivity contribution in [2.45, 2.75) is 11.8 Å². The maximum absolute atomic E-state index is 12.4. The molecule has 3 rings (SSSR count). The second-order valence-electron chi connectivity index (χ2n) is 6.28. The first kappa shape index (κ1) is 19.6. The van der Waals surface area contributed by atoms with E-state index in [2.05, 4.69) is 19.8 Å². The van der Waals surface area contributed by atoms with E-state index in [0.717, 1.165) is 11.3 Å². The Labute approximate surface area is 165 Å². The molecule has 0 aliphatic rings. The Hall–Kier alpha value is -3.13. The number of aryl methyl sites for hydroxylation is 1. The number of rotatable bonds is 8. The number of aromatic nitrogens is 2. The van der Waals surface area contributed by atoms with E-state index in [1.54, 1.807) is 18.2 Å². The standard InChI is InChI=1S/C20H22N4O3S/c1-16-7-6-10-18(15-16)28(25,26)23-19-11-12-20(22-21-19)27-14-13-24(2)17-8-4-3-5-9-17/h3-12,15H,13-14H2,1-2H3,(H,21,23). The molecule has 146 valence electrons. The molecule has 28 heavy (non-hydrogen) atoms. The van der Waals surface area contributed by atoms with Gasteiger partial charge in [-0.05, 0) is 42.8 Å². The summed E-state index contributed by atoms with van der Waals surface area (Å²) in [6.45, 7) is 2.93. The molecule has 3 aromatic rings. The van der Waals surface area contributed by atoms with E-state index >= 15 is 0 Å². The lowest BCUT2D eigenvalue weighted by Crippen LogP contribution is -2.23. The van der Waals surface area contributed by atoms with Crippen LogP contribution in [-0.2, 0) is 10.0 Å². The second kappa shape index (κ2) is 8.71. The number of likely N-dealkylation sites (N-methyl/N-ethyl adjacent to an activating group) is 1. The lowest BCUT2D eigenvalue weighted by Gasteiger charge is -2.19. The van der Waals surface area contributed by atoms with Gasteiger partial charge in [0, 0.05) is 18.8 Å². The fourth-order valence-corrected chi connectivity index (χ4v) is 3.63. The first-order chi connectivity index (χ1) is 13.4. The molecule has 0 spiro atoms. The summed E-state index contributed by atoms with van der Waals surface area (Å²) in [5.41, 5.74) is 1.95. The van der Waals surface area contributed by atoms with Crippen LogP contribution in [0.4, 0.5) is 11.5 Å². The normalized spacial score (nSPS) is 11.1. The molecule has 0 atom stereocenters. The van der Waals surface area contributed by atoms with Gasteiger partial charge in [0.1, 0.15) is 6.61 Å². The molecule has 0 saturated carbocycles. The maximum atomic E-state index is 12.4. The summed E-state index contributed by atoms with van der Waals surface area (Å²) in [6.07, 6.45) is 0. The molecular weight excluding hydrogens is 376 g/mol. The van der Waals surface area contributed by atoms with Gasteiger partial charge >= 0.3 is 0 Å². The van der Waals surface area contributed by atoms with Crippen LogP contribution in [0.3, 0.4) is 0 Å². The van der Waals surface area contributed by atoms with Crippen molar-refractivity contribution in [1.82, 2.24) is 10.2 Å². The monoisotopic (exact) mass is 398 g/mol. The minimum absolute atomic E-state index is 0.134. The number of nitrogens with one attached hydrogen (secondary N) is 1. The Morgan fingerprint density at radius 2 is 1.79 bits per heavy atom. The molecule has 8 heteroatoms. The number of para-hydroxylation sites is 1. The molecule has 1 heterocycles. The van der Waals surface area contributed by atoms with Gasteiger partial charge in [0.15, 0.2) is 5.82 Å². The third-order valence-corrected chi connectivity index (χ3v) is 5.40. The molecule has 0 bridgehead atoms. The molecular formula is C20H22N4O3S. The fraction of sp³-hybridized carbons (Fsp3) is 0.200. The van der Waals surface area contributed by atoms with Crippen molar-refractivity contribution < 1.29 is 13.2 Å². The van der Waals surface area contributed by atoms with E-state index in [9.17, 15) is 8.42 Å². The zero-order valence-corrected chi connectivity index (χ0v) is 16.6. The van der Waals surface area contributed by atoms with Gasteiger partial charge in [-0.3, -0.25) is 4.72 Å². The number of benzene rings is 2. The van der Waals surface area contributed by atoms with Gasteiger partial charge in [-0.2, -0.15) is 0 Å². The van der Waals surface area contributed by atoms with Crippen molar-refractivity contribution in [3.63, 3.8) is 0 Å². The first-order valence-electron chi connectivity index (χ1n) is 8.76. The summed E-state index contributed by atoms with van der Waals surface area (Å²) in [4.78, 5) is 2.25. The smallest absolute Gasteiger partial charge is 0.263 e. The highest BCUT2D eigenvalue weighted by molar-refractivity contribution is 7.92. The number of hydrogen-bond acceptors (Lipinski definition) is 6. The Bertz CT molecular complexity index is 1010. The molecule has 0 saturated heterocycles. The van der Waals surface area contributed by atoms with Gasteiger partial charge in [0.2, 0.25) is 5.88 Å². The van der Waals surface area contributed by atoms with Crippen LogP contribution in [0.15, 0.2) is 71.6 Å². The minimum atomic E-state index is -3.71. The number of nitrogens with zero attached hydrogens (tertiary/aromatic N) is 3. The van der Waals surface area contributed by atoms with Gasteiger partial charge in [-0.1, -0.05) is 30.3 Å². The minimum Gasteiger partial charge on any atom is -0.475 e. The van der Waals surface area contributed by atoms with E-state index in [4.69, 9.17) is 4.74 Å². The summed E-state index contributed by atoms with van der Waals surface area (Å²) in [5.74, 6) is 0.468. The quantitative estimate of drug-likeness (QED) is 0.628. The van der Waals surface area contributed by atoms with Crippen LogP contribution in [0.5, 0.6) is 5.88 Å². The number of anilines is 2. The highest BCUT2D eigenvalue weighted by Crippen LogP contribution is 2.16. The highest BCUT2D eigenvalue weighted by Gasteiger charge is 2.15. The van der Waals surface area contributed by atoms with Crippen molar-refractivity contribution >= 4 is 21.5 Å². The summed E-state index contributed by atoms with van der Waals surface area (Å²) in [5, 5.41) is 7.81. The van der Waals surface area contributed by atoms with Crippen molar-refractivity contribution in [1.29, 1.82) is 0 Å². The Balaban J connectivity index is 1.55. The molecule has 1 aromatic heterocycles. The van der Waals surface area contributed by atoms with Gasteiger partial charge in [-0.15, -0.1) is 10.2 Å². The van der Waals surface area contributed by atoms with Gasteiger partial charge < -0.3 is 9.64 Å². The van der Waals surface area contributed by atoms with Crippen LogP contribution in [0, 0.1) is 6.92 Å². The zero-order chi connectivity index (χ0) is 20.0. The van der Waals surface area contributed by atoms with Crippen LogP contribution in [0.1, 0.15) is 5.56 Å². The van der Waals surface area contributed by atoms with Crippen LogP contribution in [-0.4, -0.2) is 38.8 Å². The molecule has 0 amide bonds. The summed E-state index contributed by atoms with van der Waals surface area (Å²) in [6, 6.07) is 19.7. The fourth-order valence-electron chi connectivity index (χ4n) is 2.53. The second-order valence-corrected chi connectivity index (χ2v) is 7.97. The molecule has 7 nitrogen and oxygen atoms in total. The number of hydrogen-bond donors (Lipinski definition) is 1. The Morgan fingerprint density at radius 1 is 1.00 bits per heavy atom. The topological polar surface area (TPSA) is 84.4 Å². The molecule has 0 radical (unpaired) electrons. The van der Waals surface area contributed by atoms with E-state index in [-0.39, 0.29) is 10.7 Å². The SMILES string of the molecule is Cc1cccc(S(=O)(=O)Nc2ccc(OCCN(C)c3ccccc3)nn2)c1. The van der Waals surface area contributed by atoms with E-state index < -0.39 is 10.0 Å². The van der Waals surface area contributed by atoms with Crippen LogP contribution in [0.2, 0.25) is 0 Å². The van der Waals surface area contributed by atoms with Gasteiger partial charge in [0.05, 0.1) is 11.4 Å². The van der Waals surface area contributed by atoms with E-state index in [0.29, 0.717) is 19.0 Å². The Kier molecular flexibility index (Phi) is 6.10. The average molecular weight is 398 g/mol. The average Bonchev–Trinajstić information content (AvgIpc) is 2.70. The largest absolute Gasteiger partial charge is 0.475 e. The van der Waals surface area contributed by atoms with Crippen LogP contribution in [0.25, 0.3) is 0 Å². The van der Waals surface area contributed by atoms with E-state index in [1.807, 2.05) is 50.4 Å². The van der Waals surface area contributed by atoms with Crippen molar-refractivity contribution in [3.05, 3.63) is 72.3 Å². The van der Waals surface area contributed by atoms with Crippen molar-refractivity contribution in [3.8, 4) is 5.88 Å². The predicted octanol–water partition coefficient (Wildman–Crippen LogP) is 3.10. The lowest BCUT2D eigenvalue weighted by molar-refractivity contribution is 0.310. The van der Waals surface area contributed by atoms with Crippen molar-refractivity contribution in [2.24, 2.45) is 0 Å². The molecule has 0 unspecified atom stereocenters. The first-order valence-corrected chi connectivity index (χ1v) is 10.2. The zero-order valence-electron chi connectivity index (χ0n) is 15.7. The highest BCUT2D eigenvalue weighted by atomic mass is 32.2. The summed E-state index contributed by atoms with van der Waals surface area (Å²) >= 11 is 0. The van der Waals surface area contributed by atoms with Crippen LogP contribution >= 0.6 is 0 Å². The van der Waals surface area contributed by atoms with Gasteiger partial charge in [-0.25, -0.2) is 8.42 Å². The third-order valence-electron chi connectivity index (χ3n) is 4.05. The number of sulfonamides is 1. The van der Waals surface area contributed by atoms with E-state index in [1.165, 1.54) is 12.1 Å². The van der Waals surface area contributed by atoms with Crippen molar-refractivity contribution in [2.75, 3.05) is 29.8 Å². The molecule has 0 aliphatic carbocycles. The summed E-state index contributed by atoms with van der Waals surface area (Å²) < 4.78 is 32.8. The maximum Gasteiger partial charge on any atom is 0.263 e. The van der Waals surface area contributed by atoms with Gasteiger partial charge in [0.25, 0.3) is 10.0 Å².